The van der Waals surface area contributed by atoms with E-state index >= 15 is 0 Å². The molecule has 4 amide bonds. The molecule has 49 heavy (non-hydrogen) atoms. The summed E-state index contributed by atoms with van der Waals surface area (Å²) in [6.07, 6.45) is 4.00. The van der Waals surface area contributed by atoms with Crippen molar-refractivity contribution in [2.24, 2.45) is 32.3 Å². The van der Waals surface area contributed by atoms with Gasteiger partial charge in [0.2, 0.25) is 23.6 Å². The van der Waals surface area contributed by atoms with E-state index in [4.69, 9.17) is 28.9 Å². The van der Waals surface area contributed by atoms with Gasteiger partial charge in [-0.1, -0.05) is 0 Å². The van der Waals surface area contributed by atoms with Crippen LogP contribution in [0.2, 0.25) is 0 Å². The Morgan fingerprint density at radius 1 is 0.694 bits per heavy atom. The summed E-state index contributed by atoms with van der Waals surface area (Å²) in [4.78, 5) is 38.6. The van der Waals surface area contributed by atoms with Gasteiger partial charge < -0.3 is 40.7 Å². The Bertz CT molecular complexity index is 1810. The molecule has 2 aromatic rings. The van der Waals surface area contributed by atoms with Crippen LogP contribution in [0.15, 0.2) is 18.8 Å². The van der Waals surface area contributed by atoms with Gasteiger partial charge in [0.1, 0.15) is 24.2 Å². The number of piperidine rings is 2. The Morgan fingerprint density at radius 2 is 1.10 bits per heavy atom. The summed E-state index contributed by atoms with van der Waals surface area (Å²) in [7, 11) is -4.94. The molecule has 8 heterocycles. The Balaban J connectivity index is 0.855. The maximum Gasteiger partial charge on any atom is 0.442 e. The summed E-state index contributed by atoms with van der Waals surface area (Å²) >= 11 is 0. The van der Waals surface area contributed by atoms with Crippen molar-refractivity contribution >= 4 is 34.4 Å². The monoisotopic (exact) mass is 700 g/mol. The van der Waals surface area contributed by atoms with Gasteiger partial charge in [0.05, 0.1) is 25.2 Å². The molecule has 4 bridgehead atoms. The van der Waals surface area contributed by atoms with Crippen LogP contribution in [0.1, 0.15) is 86.3 Å². The van der Waals surface area contributed by atoms with Crippen LogP contribution in [-0.2, 0) is 19.0 Å². The molecule has 6 aliphatic heterocycles. The first-order chi connectivity index (χ1) is 23.5. The van der Waals surface area contributed by atoms with Crippen molar-refractivity contribution in [2.45, 2.75) is 74.8 Å². The van der Waals surface area contributed by atoms with Gasteiger partial charge in [-0.25, -0.2) is 9.59 Å². The SMILES string of the molecule is NC1=NCC(c2nnc([C@@H]3CC4(CC4)[C@@H]4CN3C(=O)N4OS(=O)(=O)ON3C(=O)N4C[C@H]3C3(CC3)C[C@H]4c3nnc(C4CN=C(N)N4)o3)o2)N1. The Labute approximate surface area is 277 Å². The van der Waals surface area contributed by atoms with Crippen molar-refractivity contribution in [1.29, 1.82) is 0 Å². The summed E-state index contributed by atoms with van der Waals surface area (Å²) in [5.41, 5.74) is 10.6. The first-order valence-corrected chi connectivity index (χ1v) is 17.5. The summed E-state index contributed by atoms with van der Waals surface area (Å²) < 4.78 is 49.8. The topological polar surface area (TPSA) is 278 Å². The third kappa shape index (κ3) is 4.40. The summed E-state index contributed by atoms with van der Waals surface area (Å²) in [5, 5.41) is 24.4. The molecule has 2 aliphatic carbocycles. The average molecular weight is 701 g/mol. The number of hydrogen-bond donors (Lipinski definition) is 4. The van der Waals surface area contributed by atoms with E-state index in [1.54, 1.807) is 0 Å². The maximum atomic E-state index is 13.7. The molecule has 22 nitrogen and oxygen atoms in total. The maximum absolute atomic E-state index is 13.7. The Kier molecular flexibility index (Phi) is 5.76. The van der Waals surface area contributed by atoms with E-state index in [0.29, 0.717) is 37.7 Å². The van der Waals surface area contributed by atoms with E-state index in [1.165, 1.54) is 9.80 Å². The molecular formula is C26H32N14O8S. The number of aromatic nitrogens is 4. The molecule has 2 unspecified atom stereocenters. The predicted molar refractivity (Wildman–Crippen MR) is 158 cm³/mol. The fourth-order valence-electron chi connectivity index (χ4n) is 8.32. The normalized spacial score (nSPS) is 33.4. The van der Waals surface area contributed by atoms with Crippen LogP contribution in [0.4, 0.5) is 9.59 Å². The second-order valence-electron chi connectivity index (χ2n) is 14.1. The number of amides is 4. The van der Waals surface area contributed by atoms with E-state index < -0.39 is 57.5 Å². The zero-order chi connectivity index (χ0) is 33.4. The number of hydroxylamine groups is 4. The van der Waals surface area contributed by atoms with Crippen LogP contribution in [0.25, 0.3) is 0 Å². The molecule has 6 N–H and O–H groups in total. The summed E-state index contributed by atoms with van der Waals surface area (Å²) in [6, 6.07) is -4.37. The lowest BCUT2D eigenvalue weighted by Crippen LogP contribution is -2.45. The van der Waals surface area contributed by atoms with E-state index in [-0.39, 0.29) is 48.9 Å². The molecule has 0 aromatic carbocycles. The number of rotatable bonds is 8. The van der Waals surface area contributed by atoms with Crippen LogP contribution in [0, 0.1) is 10.8 Å². The third-order valence-corrected chi connectivity index (χ3v) is 12.0. The lowest BCUT2D eigenvalue weighted by molar-refractivity contribution is -0.101. The van der Waals surface area contributed by atoms with Gasteiger partial charge in [0.25, 0.3) is 0 Å². The molecule has 6 atom stereocenters. The zero-order valence-electron chi connectivity index (χ0n) is 25.8. The highest BCUT2D eigenvalue weighted by molar-refractivity contribution is 7.81. The van der Waals surface area contributed by atoms with Crippen molar-refractivity contribution in [2.75, 3.05) is 26.2 Å². The quantitative estimate of drug-likeness (QED) is 0.253. The van der Waals surface area contributed by atoms with Crippen molar-refractivity contribution in [3.8, 4) is 0 Å². The number of nitrogens with two attached hydrogens (primary N) is 2. The van der Waals surface area contributed by atoms with Gasteiger partial charge in [-0.2, -0.15) is 18.5 Å². The van der Waals surface area contributed by atoms with Crippen molar-refractivity contribution in [3.05, 3.63) is 23.6 Å². The van der Waals surface area contributed by atoms with Gasteiger partial charge in [0.15, 0.2) is 11.9 Å². The zero-order valence-corrected chi connectivity index (χ0v) is 26.7. The first kappa shape index (κ1) is 29.2. The number of carbonyl (C=O) groups is 2. The minimum Gasteiger partial charge on any atom is -0.421 e. The van der Waals surface area contributed by atoms with Crippen LogP contribution in [0.5, 0.6) is 0 Å². The molecule has 6 fully saturated rings. The number of hydrogen-bond acceptors (Lipinski definition) is 18. The standard InChI is InChI=1S/C26H32N14O8S/c27-21-29-7-11(31-21)17-33-35-19(45-17)13-5-25(1-2-25)15-9-37(13)23(41)39(15)47-49(43,44)48-40-16-10-38(24(40)42)14(6-26(16)3-4-26)20-36-34-18(46-20)12-8-30-22(28)32-12/h11-16H,1-10H2,(H3,27,29,31)(H3,28,30,32)/t11?,12?,13-,14-,15-,16-/m0/s1. The van der Waals surface area contributed by atoms with E-state index in [1.807, 2.05) is 0 Å². The lowest BCUT2D eigenvalue weighted by atomic mass is 9.85. The first-order valence-electron chi connectivity index (χ1n) is 16.1. The molecule has 2 aromatic heterocycles. The van der Waals surface area contributed by atoms with E-state index in [0.717, 1.165) is 35.8 Å². The fourth-order valence-corrected chi connectivity index (χ4v) is 9.08. The highest BCUT2D eigenvalue weighted by Gasteiger charge is 2.67. The number of nitrogens with zero attached hydrogens (tertiary/aromatic N) is 10. The third-order valence-electron chi connectivity index (χ3n) is 11.3. The minimum atomic E-state index is -4.94. The van der Waals surface area contributed by atoms with Gasteiger partial charge in [-0.15, -0.1) is 29.0 Å². The Hall–Kier alpha value is -4.77. The smallest absolute Gasteiger partial charge is 0.421 e. The second kappa shape index (κ2) is 9.68. The lowest BCUT2D eigenvalue weighted by Gasteiger charge is -2.35. The van der Waals surface area contributed by atoms with Gasteiger partial charge >= 0.3 is 22.5 Å². The van der Waals surface area contributed by atoms with E-state index in [9.17, 15) is 18.0 Å². The molecule has 23 heteroatoms. The largest absolute Gasteiger partial charge is 0.442 e. The molecule has 260 valence electrons. The second-order valence-corrected chi connectivity index (χ2v) is 15.2. The van der Waals surface area contributed by atoms with Crippen LogP contribution >= 0.6 is 0 Å². The molecule has 4 saturated heterocycles. The highest BCUT2D eigenvalue weighted by Crippen LogP contribution is 2.63. The number of fused-ring (bicyclic) bond motifs is 6. The van der Waals surface area contributed by atoms with Crippen LogP contribution < -0.4 is 22.1 Å². The van der Waals surface area contributed by atoms with Crippen LogP contribution in [0.3, 0.4) is 0 Å². The molecular weight excluding hydrogens is 668 g/mol. The number of nitrogens with one attached hydrogen (secondary N) is 2. The minimum absolute atomic E-state index is 0.194. The average Bonchev–Trinajstić information content (AvgIpc) is 3.52. The van der Waals surface area contributed by atoms with Gasteiger partial charge in [-0.05, 0) is 49.4 Å². The molecule has 10 rings (SSSR count). The highest BCUT2D eigenvalue weighted by atomic mass is 32.3. The van der Waals surface area contributed by atoms with Crippen molar-refractivity contribution in [3.63, 3.8) is 0 Å². The summed E-state index contributed by atoms with van der Waals surface area (Å²) in [5.74, 6) is 1.60. The number of carbonyl (C=O) groups excluding carboxylic acids is 2. The fraction of sp³-hybridized carbons (Fsp3) is 0.692. The van der Waals surface area contributed by atoms with Gasteiger partial charge in [-0.3, -0.25) is 9.98 Å². The van der Waals surface area contributed by atoms with E-state index in [2.05, 4.69) is 41.0 Å². The molecule has 0 radical (unpaired) electrons. The number of aliphatic imine (C=N–C) groups is 2. The summed E-state index contributed by atoms with van der Waals surface area (Å²) in [6.45, 7) is 1.07. The Morgan fingerprint density at radius 3 is 1.47 bits per heavy atom. The number of urea groups is 2. The van der Waals surface area contributed by atoms with Crippen molar-refractivity contribution in [1.82, 2.24) is 51.0 Å². The van der Waals surface area contributed by atoms with Gasteiger partial charge in [0, 0.05) is 13.1 Å². The molecule has 2 saturated carbocycles. The number of guanidine groups is 2. The molecule has 2 spiro atoms. The van der Waals surface area contributed by atoms with Crippen LogP contribution in [-0.4, -0.2) is 111 Å². The molecule has 8 aliphatic rings. The predicted octanol–water partition coefficient (Wildman–Crippen LogP) is -1.16. The van der Waals surface area contributed by atoms with Crippen molar-refractivity contribution < 1.29 is 35.4 Å².